The highest BCUT2D eigenvalue weighted by Crippen LogP contribution is 2.23. The molecule has 0 rings (SSSR count). The third kappa shape index (κ3) is 15.0. The van der Waals surface area contributed by atoms with Gasteiger partial charge in [-0.15, -0.1) is 0 Å². The molecule has 0 heterocycles. The van der Waals surface area contributed by atoms with Gasteiger partial charge in [0.05, 0.1) is 12.1 Å². The zero-order chi connectivity index (χ0) is 23.1. The van der Waals surface area contributed by atoms with Crippen molar-refractivity contribution in [2.24, 2.45) is 5.73 Å². The fourth-order valence-corrected chi connectivity index (χ4v) is 8.33. The number of hydrogen-bond donors (Lipinski definition) is 1. The number of rotatable bonds is 18. The summed E-state index contributed by atoms with van der Waals surface area (Å²) >= 11 is 0. The van der Waals surface area contributed by atoms with E-state index in [1.807, 2.05) is 20.8 Å². The maximum absolute atomic E-state index is 8.46. The van der Waals surface area contributed by atoms with Crippen LogP contribution in [0.5, 0.6) is 0 Å². The number of hydrogen-bond acceptors (Lipinski definition) is 8. The number of nitriles is 2. The third-order valence-corrected chi connectivity index (χ3v) is 11.3. The second-order valence-corrected chi connectivity index (χ2v) is 12.9. The van der Waals surface area contributed by atoms with Crippen LogP contribution in [0.25, 0.3) is 0 Å². The van der Waals surface area contributed by atoms with Crippen LogP contribution in [0.15, 0.2) is 0 Å². The lowest BCUT2D eigenvalue weighted by Gasteiger charge is -2.28. The van der Waals surface area contributed by atoms with E-state index in [0.717, 1.165) is 50.4 Å². The molecule has 0 aliphatic heterocycles. The lowest BCUT2D eigenvalue weighted by atomic mass is 10.3. The van der Waals surface area contributed by atoms with Crippen LogP contribution < -0.4 is 5.73 Å². The maximum atomic E-state index is 8.46. The van der Waals surface area contributed by atoms with Gasteiger partial charge in [-0.25, -0.2) is 0 Å². The highest BCUT2D eigenvalue weighted by atomic mass is 28.4. The number of unbranched alkanes of at least 4 members (excludes halogenated alkanes) is 3. The second-order valence-electron chi connectivity index (χ2n) is 6.57. The Labute approximate surface area is 186 Å². The summed E-state index contributed by atoms with van der Waals surface area (Å²) in [7, 11) is -1.19. The second kappa shape index (κ2) is 21.4. The number of nitrogens with two attached hydrogens (primary N) is 1. The summed E-state index contributed by atoms with van der Waals surface area (Å²) in [4.78, 5) is 0. The van der Waals surface area contributed by atoms with E-state index < -0.39 is 17.4 Å². The maximum Gasteiger partial charge on any atom is 0.500 e. The van der Waals surface area contributed by atoms with E-state index in [4.69, 9.17) is 38.4 Å². The van der Waals surface area contributed by atoms with Crippen LogP contribution in [-0.4, -0.2) is 58.0 Å². The first-order valence-electron chi connectivity index (χ1n) is 10.9. The topological polar surface area (TPSA) is 120 Å². The van der Waals surface area contributed by atoms with E-state index in [0.29, 0.717) is 32.7 Å². The van der Waals surface area contributed by atoms with Crippen LogP contribution in [0, 0.1) is 22.7 Å². The minimum atomic E-state index is -2.39. The van der Waals surface area contributed by atoms with Gasteiger partial charge in [-0.3, -0.25) is 0 Å². The minimum Gasteiger partial charge on any atom is -0.398 e. The summed E-state index contributed by atoms with van der Waals surface area (Å²) in [6.07, 6.45) is 4.73. The van der Waals surface area contributed by atoms with Gasteiger partial charge < -0.3 is 27.9 Å². The van der Waals surface area contributed by atoms with Crippen molar-refractivity contribution in [3.8, 4) is 12.1 Å². The summed E-state index contributed by atoms with van der Waals surface area (Å²) in [6.45, 7) is 8.58. The van der Waals surface area contributed by atoms with Gasteiger partial charge in [0, 0.05) is 52.9 Å². The Balaban J connectivity index is 0. The molecule has 0 bridgehead atoms. The molecule has 0 amide bonds. The first kappa shape index (κ1) is 31.4. The first-order chi connectivity index (χ1) is 14.5. The molecule has 0 saturated heterocycles. The molecule has 0 saturated carbocycles. The molecular formula is C20H43N3O5Si2. The van der Waals surface area contributed by atoms with Gasteiger partial charge in [-0.1, -0.05) is 0 Å². The number of nitrogens with zero attached hydrogens (tertiary/aromatic N) is 2. The molecule has 0 aromatic heterocycles. The van der Waals surface area contributed by atoms with Crippen molar-refractivity contribution in [3.05, 3.63) is 0 Å². The summed E-state index contributed by atoms with van der Waals surface area (Å²) in [5, 5.41) is 16.9. The van der Waals surface area contributed by atoms with E-state index in [1.165, 1.54) is 0 Å². The molecule has 0 aliphatic carbocycles. The van der Waals surface area contributed by atoms with Crippen LogP contribution in [-0.2, 0) is 22.1 Å². The Kier molecular flexibility index (Phi) is 22.4. The minimum absolute atomic E-state index is 0.541. The molecule has 0 aromatic rings. The summed E-state index contributed by atoms with van der Waals surface area (Å²) in [5.74, 6) is 0. The van der Waals surface area contributed by atoms with E-state index >= 15 is 0 Å². The molecule has 0 fully saturated rings. The zero-order valence-electron chi connectivity index (χ0n) is 19.7. The molecular weight excluding hydrogens is 418 g/mol. The molecule has 0 radical (unpaired) electrons. The Hall–Kier alpha value is -0.826. The SMILES string of the molecule is CCO[Si](CCCCN)(OCC)OCC.CO[Si](CCCC#N)(CCCC#N)OC. The molecule has 30 heavy (non-hydrogen) atoms. The fourth-order valence-electron chi connectivity index (χ4n) is 2.98. The predicted molar refractivity (Wildman–Crippen MR) is 123 cm³/mol. The highest BCUT2D eigenvalue weighted by Gasteiger charge is 2.39. The molecule has 176 valence electrons. The Morgan fingerprint density at radius 3 is 1.43 bits per heavy atom. The van der Waals surface area contributed by atoms with E-state index in [-0.39, 0.29) is 0 Å². The first-order valence-corrected chi connectivity index (χ1v) is 15.1. The molecule has 10 heteroatoms. The van der Waals surface area contributed by atoms with Crippen LogP contribution in [0.2, 0.25) is 18.1 Å². The van der Waals surface area contributed by atoms with Crippen molar-refractivity contribution in [2.75, 3.05) is 40.6 Å². The molecule has 8 nitrogen and oxygen atoms in total. The van der Waals surface area contributed by atoms with Crippen molar-refractivity contribution in [1.29, 1.82) is 10.5 Å². The average Bonchev–Trinajstić information content (AvgIpc) is 2.74. The lowest BCUT2D eigenvalue weighted by molar-refractivity contribution is 0.0707. The van der Waals surface area contributed by atoms with Crippen molar-refractivity contribution in [1.82, 2.24) is 0 Å². The van der Waals surface area contributed by atoms with Crippen LogP contribution in [0.4, 0.5) is 0 Å². The van der Waals surface area contributed by atoms with E-state index in [2.05, 4.69) is 12.1 Å². The normalized spacial score (nSPS) is 11.3. The smallest absolute Gasteiger partial charge is 0.398 e. The fraction of sp³-hybridized carbons (Fsp3) is 0.900. The Bertz CT molecular complexity index is 429. The third-order valence-electron chi connectivity index (χ3n) is 4.47. The molecule has 0 spiro atoms. The molecule has 0 atom stereocenters. The van der Waals surface area contributed by atoms with Crippen molar-refractivity contribution in [2.45, 2.75) is 77.4 Å². The van der Waals surface area contributed by atoms with Gasteiger partial charge in [-0.2, -0.15) is 10.5 Å². The van der Waals surface area contributed by atoms with E-state index in [1.54, 1.807) is 14.2 Å². The molecule has 0 aliphatic rings. The van der Waals surface area contributed by atoms with Gasteiger partial charge >= 0.3 is 17.4 Å². The van der Waals surface area contributed by atoms with Crippen molar-refractivity contribution in [3.63, 3.8) is 0 Å². The van der Waals surface area contributed by atoms with Gasteiger partial charge in [0.2, 0.25) is 0 Å². The molecule has 0 unspecified atom stereocenters. The summed E-state index contributed by atoms with van der Waals surface area (Å²) in [5.41, 5.74) is 5.47. The molecule has 2 N–H and O–H groups in total. The average molecular weight is 462 g/mol. The lowest BCUT2D eigenvalue weighted by Crippen LogP contribution is -2.45. The summed E-state index contributed by atoms with van der Waals surface area (Å²) < 4.78 is 28.1. The van der Waals surface area contributed by atoms with Gasteiger partial charge in [0.15, 0.2) is 0 Å². The Morgan fingerprint density at radius 2 is 1.13 bits per heavy atom. The van der Waals surface area contributed by atoms with Crippen LogP contribution in [0.3, 0.4) is 0 Å². The summed E-state index contributed by atoms with van der Waals surface area (Å²) in [6, 6.07) is 6.77. The zero-order valence-corrected chi connectivity index (χ0v) is 21.7. The van der Waals surface area contributed by atoms with Gasteiger partial charge in [0.1, 0.15) is 0 Å². The predicted octanol–water partition coefficient (Wildman–Crippen LogP) is 4.10. The van der Waals surface area contributed by atoms with E-state index in [9.17, 15) is 0 Å². The van der Waals surface area contributed by atoms with Crippen molar-refractivity contribution >= 4 is 17.4 Å². The highest BCUT2D eigenvalue weighted by molar-refractivity contribution is 6.67. The standard InChI is InChI=1S/C10H18N2O2Si.C10H25NO3Si/c1-13-15(14-2,9-5-3-7-11)10-6-4-8-12;1-4-12-15(13-5-2,14-6-3)10-8-7-9-11/h3-6,9-10H2,1-2H3;4-11H2,1-3H3. The Morgan fingerprint density at radius 1 is 0.700 bits per heavy atom. The van der Waals surface area contributed by atoms with Crippen molar-refractivity contribution < 1.29 is 22.1 Å². The quantitative estimate of drug-likeness (QED) is 0.239. The largest absolute Gasteiger partial charge is 0.500 e. The monoisotopic (exact) mass is 461 g/mol. The van der Waals surface area contributed by atoms with Gasteiger partial charge in [-0.05, 0) is 65.1 Å². The molecule has 0 aromatic carbocycles. The van der Waals surface area contributed by atoms with Crippen LogP contribution in [0.1, 0.15) is 59.3 Å². The van der Waals surface area contributed by atoms with Crippen LogP contribution >= 0.6 is 0 Å². The van der Waals surface area contributed by atoms with Gasteiger partial charge in [0.25, 0.3) is 0 Å².